The highest BCUT2D eigenvalue weighted by atomic mass is 16.3. The minimum absolute atomic E-state index is 0.0143. The van der Waals surface area contributed by atoms with Crippen molar-refractivity contribution in [2.75, 3.05) is 0 Å². The SMILES string of the molecule is CC(C)(C)c1ccc2c(c1)c1cc(C(C)(C)C)cc3c1n2-c1cc(-c2ccccc2)cc2c1B3c1cc3oc4ccccc4c3c3c4ccccc4n-2c13. The minimum atomic E-state index is -0.0391. The van der Waals surface area contributed by atoms with E-state index in [2.05, 4.69) is 178 Å². The predicted octanol–water partition coefficient (Wildman–Crippen LogP) is 11.2. The molecule has 4 heteroatoms. The summed E-state index contributed by atoms with van der Waals surface area (Å²) in [6, 6.07) is 48.0. The normalized spacial score (nSPS) is 13.7. The molecular formula is C50H39BN2O. The molecule has 0 amide bonds. The van der Waals surface area contributed by atoms with Gasteiger partial charge in [-0.3, -0.25) is 0 Å². The van der Waals surface area contributed by atoms with Gasteiger partial charge in [-0.1, -0.05) is 120 Å². The second-order valence-electron chi connectivity index (χ2n) is 17.8. The number of hydrogen-bond donors (Lipinski definition) is 0. The van der Waals surface area contributed by atoms with Crippen molar-refractivity contribution in [2.45, 2.75) is 52.4 Å². The van der Waals surface area contributed by atoms with Crippen molar-refractivity contribution >= 4 is 88.7 Å². The largest absolute Gasteiger partial charge is 0.456 e. The zero-order valence-corrected chi connectivity index (χ0v) is 31.5. The van der Waals surface area contributed by atoms with E-state index in [-0.39, 0.29) is 17.5 Å². The van der Waals surface area contributed by atoms with Gasteiger partial charge in [-0.2, -0.15) is 0 Å². The van der Waals surface area contributed by atoms with Crippen LogP contribution < -0.4 is 16.4 Å². The van der Waals surface area contributed by atoms with Gasteiger partial charge < -0.3 is 13.6 Å². The van der Waals surface area contributed by atoms with E-state index >= 15 is 0 Å². The zero-order valence-electron chi connectivity index (χ0n) is 31.5. The summed E-state index contributed by atoms with van der Waals surface area (Å²) in [7, 11) is 0. The fourth-order valence-corrected chi connectivity index (χ4v) is 9.98. The maximum atomic E-state index is 6.79. The molecule has 0 radical (unpaired) electrons. The fourth-order valence-electron chi connectivity index (χ4n) is 9.98. The number of nitrogens with zero attached hydrogens (tertiary/aromatic N) is 2. The molecule has 0 unspecified atom stereocenters. The van der Waals surface area contributed by atoms with Crippen LogP contribution in [0.1, 0.15) is 52.7 Å². The molecule has 0 saturated heterocycles. The lowest BCUT2D eigenvalue weighted by Gasteiger charge is -2.35. The number of para-hydroxylation sites is 2. The Balaban J connectivity index is 1.34. The number of hydrogen-bond acceptors (Lipinski definition) is 1. The minimum Gasteiger partial charge on any atom is -0.456 e. The molecule has 0 bridgehead atoms. The molecule has 2 aliphatic heterocycles. The number of fused-ring (bicyclic) bond motifs is 14. The van der Waals surface area contributed by atoms with E-state index in [9.17, 15) is 0 Å². The first-order chi connectivity index (χ1) is 26.1. The molecule has 3 nitrogen and oxygen atoms in total. The first kappa shape index (κ1) is 30.5. The summed E-state index contributed by atoms with van der Waals surface area (Å²) in [6.45, 7) is 14.0. The standard InChI is InChI=1S/C50H39BN2O/c1-49(2,3)30-20-21-39-34(24-30)35-25-31(50(4,5)6)26-36-47(35)52(39)40-22-29(28-14-8-7-9-15-28)23-41-46(40)51(36)37-27-43-44(33-17-11-13-19-42(33)54-43)45-32-16-10-12-18-38(32)53(41)48(37)45/h7-27H,1-6H3. The lowest BCUT2D eigenvalue weighted by atomic mass is 9.34. The van der Waals surface area contributed by atoms with Gasteiger partial charge in [0.1, 0.15) is 11.2 Å². The van der Waals surface area contributed by atoms with Crippen LogP contribution in [0.5, 0.6) is 0 Å². The van der Waals surface area contributed by atoms with Crippen LogP contribution in [0.3, 0.4) is 0 Å². The summed E-state index contributed by atoms with van der Waals surface area (Å²) in [4.78, 5) is 0. The van der Waals surface area contributed by atoms with Crippen LogP contribution in [0, 0.1) is 0 Å². The quantitative estimate of drug-likeness (QED) is 0.157. The molecular weight excluding hydrogens is 655 g/mol. The highest BCUT2D eigenvalue weighted by Crippen LogP contribution is 2.45. The molecule has 2 aliphatic rings. The Hall–Kier alpha value is -6.00. The maximum absolute atomic E-state index is 6.79. The van der Waals surface area contributed by atoms with Gasteiger partial charge in [0.2, 0.25) is 0 Å². The van der Waals surface area contributed by atoms with Crippen molar-refractivity contribution in [1.82, 2.24) is 9.13 Å². The molecule has 0 N–H and O–H groups in total. The molecule has 12 rings (SSSR count). The van der Waals surface area contributed by atoms with E-state index in [1.165, 1.54) is 104 Å². The average Bonchev–Trinajstić information content (AvgIpc) is 3.82. The van der Waals surface area contributed by atoms with Crippen LogP contribution >= 0.6 is 0 Å². The number of rotatable bonds is 1. The third kappa shape index (κ3) is 3.78. The molecule has 54 heavy (non-hydrogen) atoms. The zero-order chi connectivity index (χ0) is 36.4. The fraction of sp³-hybridized carbons (Fsp3) is 0.160. The number of aromatic nitrogens is 2. The average molecular weight is 695 g/mol. The second-order valence-corrected chi connectivity index (χ2v) is 17.8. The first-order valence-corrected chi connectivity index (χ1v) is 19.3. The van der Waals surface area contributed by atoms with E-state index in [0.29, 0.717) is 0 Å². The molecule has 0 aliphatic carbocycles. The summed E-state index contributed by atoms with van der Waals surface area (Å²) in [5.74, 6) is 0. The lowest BCUT2D eigenvalue weighted by Crippen LogP contribution is -2.59. The molecule has 0 fully saturated rings. The van der Waals surface area contributed by atoms with Crippen molar-refractivity contribution in [3.8, 4) is 22.5 Å². The van der Waals surface area contributed by atoms with Crippen LogP contribution in [0.15, 0.2) is 132 Å². The third-order valence-electron chi connectivity index (χ3n) is 12.6. The highest BCUT2D eigenvalue weighted by Gasteiger charge is 2.43. The summed E-state index contributed by atoms with van der Waals surface area (Å²) >= 11 is 0. The monoisotopic (exact) mass is 694 g/mol. The Labute approximate surface area is 314 Å². The van der Waals surface area contributed by atoms with Crippen LogP contribution in [-0.4, -0.2) is 15.8 Å². The van der Waals surface area contributed by atoms with Gasteiger partial charge >= 0.3 is 0 Å². The van der Waals surface area contributed by atoms with Crippen molar-refractivity contribution in [3.63, 3.8) is 0 Å². The van der Waals surface area contributed by atoms with Crippen molar-refractivity contribution in [2.24, 2.45) is 0 Å². The Morgan fingerprint density at radius 2 is 1.09 bits per heavy atom. The smallest absolute Gasteiger partial charge is 0.252 e. The van der Waals surface area contributed by atoms with Gasteiger partial charge in [-0.05, 0) is 98.0 Å². The van der Waals surface area contributed by atoms with Crippen LogP contribution in [0.2, 0.25) is 0 Å². The van der Waals surface area contributed by atoms with Gasteiger partial charge in [0.05, 0.1) is 16.6 Å². The summed E-state index contributed by atoms with van der Waals surface area (Å²) in [5.41, 5.74) is 18.7. The molecule has 258 valence electrons. The molecule has 0 saturated carbocycles. The predicted molar refractivity (Wildman–Crippen MR) is 230 cm³/mol. The molecule has 5 heterocycles. The summed E-state index contributed by atoms with van der Waals surface area (Å²) in [5, 5.41) is 7.58. The van der Waals surface area contributed by atoms with E-state index in [0.717, 1.165) is 11.2 Å². The van der Waals surface area contributed by atoms with E-state index in [1.54, 1.807) is 0 Å². The lowest BCUT2D eigenvalue weighted by molar-refractivity contribution is 0.590. The van der Waals surface area contributed by atoms with Crippen LogP contribution in [0.4, 0.5) is 0 Å². The highest BCUT2D eigenvalue weighted by molar-refractivity contribution is 7.00. The van der Waals surface area contributed by atoms with Crippen molar-refractivity contribution in [3.05, 3.63) is 139 Å². The third-order valence-corrected chi connectivity index (χ3v) is 12.6. The molecule has 10 aromatic rings. The van der Waals surface area contributed by atoms with E-state index in [1.807, 2.05) is 0 Å². The van der Waals surface area contributed by atoms with Gasteiger partial charge in [0, 0.05) is 49.2 Å². The Morgan fingerprint density at radius 3 is 1.85 bits per heavy atom. The molecule has 0 atom stereocenters. The summed E-state index contributed by atoms with van der Waals surface area (Å²) < 4.78 is 12.0. The molecule has 0 spiro atoms. The molecule has 3 aromatic heterocycles. The second kappa shape index (κ2) is 9.95. The first-order valence-electron chi connectivity index (χ1n) is 19.3. The van der Waals surface area contributed by atoms with Crippen LogP contribution in [0.25, 0.3) is 88.1 Å². The number of furan rings is 1. The van der Waals surface area contributed by atoms with Crippen molar-refractivity contribution < 1.29 is 4.42 Å². The Morgan fingerprint density at radius 1 is 0.463 bits per heavy atom. The molecule has 7 aromatic carbocycles. The van der Waals surface area contributed by atoms with Gasteiger partial charge in [-0.25, -0.2) is 0 Å². The van der Waals surface area contributed by atoms with Gasteiger partial charge in [-0.15, -0.1) is 0 Å². The van der Waals surface area contributed by atoms with Crippen LogP contribution in [-0.2, 0) is 10.8 Å². The Kier molecular flexibility index (Phi) is 5.61. The van der Waals surface area contributed by atoms with E-state index in [4.69, 9.17) is 4.42 Å². The topological polar surface area (TPSA) is 23.0 Å². The summed E-state index contributed by atoms with van der Waals surface area (Å²) in [6.07, 6.45) is 0. The van der Waals surface area contributed by atoms with Gasteiger partial charge in [0.25, 0.3) is 6.71 Å². The maximum Gasteiger partial charge on any atom is 0.252 e. The van der Waals surface area contributed by atoms with E-state index < -0.39 is 0 Å². The van der Waals surface area contributed by atoms with Gasteiger partial charge in [0.15, 0.2) is 0 Å². The number of benzene rings is 7. The Bertz CT molecular complexity index is 3290. The van der Waals surface area contributed by atoms with Crippen molar-refractivity contribution in [1.29, 1.82) is 0 Å².